The summed E-state index contributed by atoms with van der Waals surface area (Å²) in [7, 11) is -3.74. The molecule has 0 atom stereocenters. The van der Waals surface area contributed by atoms with E-state index in [1.165, 1.54) is 24.3 Å². The van der Waals surface area contributed by atoms with Gasteiger partial charge in [0.25, 0.3) is 5.91 Å². The molecule has 1 aromatic heterocycles. The van der Waals surface area contributed by atoms with E-state index in [-0.39, 0.29) is 10.8 Å². The first-order chi connectivity index (χ1) is 9.38. The summed E-state index contributed by atoms with van der Waals surface area (Å²) in [6.45, 7) is 0. The largest absolute Gasteiger partial charge is 0.322 e. The van der Waals surface area contributed by atoms with Gasteiger partial charge in [0.2, 0.25) is 10.0 Å². The molecule has 0 fully saturated rings. The number of nitrogens with one attached hydrogen (secondary N) is 1. The van der Waals surface area contributed by atoms with Crippen molar-refractivity contribution in [2.24, 2.45) is 5.14 Å². The first-order valence-electron chi connectivity index (χ1n) is 5.42. The van der Waals surface area contributed by atoms with Crippen LogP contribution in [0.2, 0.25) is 0 Å². The Bertz CT molecular complexity index is 745. The van der Waals surface area contributed by atoms with Gasteiger partial charge < -0.3 is 5.32 Å². The Balaban J connectivity index is 2.19. The fraction of sp³-hybridized carbons (Fsp3) is 0. The summed E-state index contributed by atoms with van der Waals surface area (Å²) < 4.78 is 22.6. The van der Waals surface area contributed by atoms with Crippen molar-refractivity contribution in [2.45, 2.75) is 4.90 Å². The monoisotopic (exact) mass is 355 g/mol. The number of sulfonamides is 1. The number of nitrogens with two attached hydrogens (primary N) is 1. The summed E-state index contributed by atoms with van der Waals surface area (Å²) >= 11 is 3.18. The van der Waals surface area contributed by atoms with Crippen LogP contribution < -0.4 is 10.5 Å². The van der Waals surface area contributed by atoms with E-state index in [4.69, 9.17) is 5.14 Å². The molecule has 0 unspecified atom stereocenters. The van der Waals surface area contributed by atoms with Crippen molar-refractivity contribution in [3.8, 4) is 0 Å². The van der Waals surface area contributed by atoms with Crippen molar-refractivity contribution >= 4 is 37.5 Å². The highest BCUT2D eigenvalue weighted by molar-refractivity contribution is 9.10. The third-order valence-corrected chi connectivity index (χ3v) is 4.01. The topological polar surface area (TPSA) is 102 Å². The lowest BCUT2D eigenvalue weighted by atomic mass is 10.2. The fourth-order valence-corrected chi connectivity index (χ4v) is 2.43. The highest BCUT2D eigenvalue weighted by Crippen LogP contribution is 2.17. The summed E-state index contributed by atoms with van der Waals surface area (Å²) in [5.74, 6) is -0.353. The molecule has 0 aliphatic rings. The van der Waals surface area contributed by atoms with Gasteiger partial charge in [-0.2, -0.15) is 0 Å². The minimum atomic E-state index is -3.74. The Hall–Kier alpha value is -1.77. The van der Waals surface area contributed by atoms with Gasteiger partial charge in [-0.3, -0.25) is 4.79 Å². The van der Waals surface area contributed by atoms with Crippen LogP contribution in [-0.2, 0) is 10.0 Å². The molecular weight excluding hydrogens is 346 g/mol. The van der Waals surface area contributed by atoms with Crippen molar-refractivity contribution in [3.63, 3.8) is 0 Å². The predicted molar refractivity (Wildman–Crippen MR) is 77.7 cm³/mol. The smallest absolute Gasteiger partial charge is 0.258 e. The van der Waals surface area contributed by atoms with E-state index in [9.17, 15) is 13.2 Å². The molecule has 1 heterocycles. The Labute approximate surface area is 124 Å². The Kier molecular flexibility index (Phi) is 4.17. The minimum Gasteiger partial charge on any atom is -0.322 e. The van der Waals surface area contributed by atoms with Crippen LogP contribution in [0.3, 0.4) is 0 Å². The maximum atomic E-state index is 12.0. The minimum absolute atomic E-state index is 0.0157. The summed E-state index contributed by atoms with van der Waals surface area (Å²) in [6.07, 6.45) is 1.56. The van der Waals surface area contributed by atoms with Crippen molar-refractivity contribution in [1.29, 1.82) is 0 Å². The molecule has 104 valence electrons. The van der Waals surface area contributed by atoms with Crippen LogP contribution in [0.1, 0.15) is 10.4 Å². The molecule has 0 saturated heterocycles. The van der Waals surface area contributed by atoms with Gasteiger partial charge in [0.05, 0.1) is 10.5 Å². The SMILES string of the molecule is NS(=O)(=O)c1ccc(NC(=O)c2cccnc2Br)cc1. The van der Waals surface area contributed by atoms with Gasteiger partial charge in [0.1, 0.15) is 4.60 Å². The van der Waals surface area contributed by atoms with Crippen LogP contribution in [0.4, 0.5) is 5.69 Å². The maximum Gasteiger partial charge on any atom is 0.258 e. The van der Waals surface area contributed by atoms with E-state index < -0.39 is 10.0 Å². The van der Waals surface area contributed by atoms with Gasteiger partial charge in [0, 0.05) is 11.9 Å². The second kappa shape index (κ2) is 5.70. The quantitative estimate of drug-likeness (QED) is 0.818. The van der Waals surface area contributed by atoms with Gasteiger partial charge in [-0.25, -0.2) is 18.5 Å². The van der Waals surface area contributed by atoms with Crippen LogP contribution in [0.25, 0.3) is 0 Å². The molecule has 6 nitrogen and oxygen atoms in total. The highest BCUT2D eigenvalue weighted by Gasteiger charge is 2.11. The van der Waals surface area contributed by atoms with Gasteiger partial charge in [0.15, 0.2) is 0 Å². The van der Waals surface area contributed by atoms with Crippen LogP contribution in [0.15, 0.2) is 52.1 Å². The van der Waals surface area contributed by atoms with Gasteiger partial charge in [-0.05, 0) is 52.3 Å². The summed E-state index contributed by atoms with van der Waals surface area (Å²) in [5.41, 5.74) is 0.834. The van der Waals surface area contributed by atoms with Crippen molar-refractivity contribution in [1.82, 2.24) is 4.98 Å². The molecule has 8 heteroatoms. The van der Waals surface area contributed by atoms with Crippen LogP contribution in [0.5, 0.6) is 0 Å². The van der Waals surface area contributed by atoms with E-state index >= 15 is 0 Å². The van der Waals surface area contributed by atoms with E-state index in [1.807, 2.05) is 0 Å². The molecule has 3 N–H and O–H groups in total. The van der Waals surface area contributed by atoms with Gasteiger partial charge in [-0.15, -0.1) is 0 Å². The predicted octanol–water partition coefficient (Wildman–Crippen LogP) is 1.74. The van der Waals surface area contributed by atoms with Crippen molar-refractivity contribution in [3.05, 3.63) is 52.8 Å². The molecule has 2 aromatic rings. The Morgan fingerprint density at radius 3 is 2.40 bits per heavy atom. The normalized spacial score (nSPS) is 11.1. The number of nitrogens with zero attached hydrogens (tertiary/aromatic N) is 1. The number of anilines is 1. The fourth-order valence-electron chi connectivity index (χ4n) is 1.48. The van der Waals surface area contributed by atoms with E-state index in [2.05, 4.69) is 26.2 Å². The third kappa shape index (κ3) is 3.41. The maximum absolute atomic E-state index is 12.0. The first kappa shape index (κ1) is 14.6. The van der Waals surface area contributed by atoms with E-state index in [0.717, 1.165) is 0 Å². The van der Waals surface area contributed by atoms with Crippen LogP contribution >= 0.6 is 15.9 Å². The lowest BCUT2D eigenvalue weighted by Gasteiger charge is -2.06. The summed E-state index contributed by atoms with van der Waals surface area (Å²) in [6, 6.07) is 8.82. The molecule has 1 aromatic carbocycles. The molecular formula is C12H10BrN3O3S. The number of halogens is 1. The molecule has 2 rings (SSSR count). The van der Waals surface area contributed by atoms with Crippen LogP contribution in [0, 0.1) is 0 Å². The zero-order chi connectivity index (χ0) is 14.8. The molecule has 1 amide bonds. The molecule has 20 heavy (non-hydrogen) atoms. The van der Waals surface area contributed by atoms with Gasteiger partial charge in [-0.1, -0.05) is 0 Å². The molecule has 0 spiro atoms. The second-order valence-electron chi connectivity index (χ2n) is 3.87. The standard InChI is InChI=1S/C12H10BrN3O3S/c13-11-10(2-1-7-15-11)12(17)16-8-3-5-9(6-4-8)20(14,18)19/h1-7H,(H,16,17)(H2,14,18,19). The Morgan fingerprint density at radius 1 is 1.20 bits per heavy atom. The van der Waals surface area contributed by atoms with Crippen molar-refractivity contribution < 1.29 is 13.2 Å². The first-order valence-corrected chi connectivity index (χ1v) is 7.76. The van der Waals surface area contributed by atoms with Crippen molar-refractivity contribution in [2.75, 3.05) is 5.32 Å². The second-order valence-corrected chi connectivity index (χ2v) is 6.18. The lowest BCUT2D eigenvalue weighted by Crippen LogP contribution is -2.14. The number of carbonyl (C=O) groups excluding carboxylic acids is 1. The number of pyridine rings is 1. The number of amides is 1. The highest BCUT2D eigenvalue weighted by atomic mass is 79.9. The zero-order valence-electron chi connectivity index (χ0n) is 10.1. The number of primary sulfonamides is 1. The van der Waals surface area contributed by atoms with Crippen LogP contribution in [-0.4, -0.2) is 19.3 Å². The number of benzene rings is 1. The number of rotatable bonds is 3. The average Bonchev–Trinajstić information content (AvgIpc) is 2.38. The molecule has 0 radical (unpaired) electrons. The molecule has 0 aliphatic heterocycles. The summed E-state index contributed by atoms with van der Waals surface area (Å²) in [5, 5.41) is 7.62. The number of hydrogen-bond donors (Lipinski definition) is 2. The lowest BCUT2D eigenvalue weighted by molar-refractivity contribution is 0.102. The van der Waals surface area contributed by atoms with E-state index in [0.29, 0.717) is 15.9 Å². The summed E-state index contributed by atoms with van der Waals surface area (Å²) in [4.78, 5) is 15.9. The molecule has 0 bridgehead atoms. The molecule has 0 aliphatic carbocycles. The third-order valence-electron chi connectivity index (χ3n) is 2.44. The molecule has 0 saturated carbocycles. The number of aromatic nitrogens is 1. The average molecular weight is 356 g/mol. The van der Waals surface area contributed by atoms with Gasteiger partial charge >= 0.3 is 0 Å². The zero-order valence-corrected chi connectivity index (χ0v) is 12.5. The number of carbonyl (C=O) groups is 1. The van der Waals surface area contributed by atoms with E-state index in [1.54, 1.807) is 18.3 Å². The number of hydrogen-bond acceptors (Lipinski definition) is 4. The Morgan fingerprint density at radius 2 is 1.85 bits per heavy atom.